The summed E-state index contributed by atoms with van der Waals surface area (Å²) >= 11 is 0. The van der Waals surface area contributed by atoms with E-state index in [0.29, 0.717) is 29.5 Å². The maximum atomic E-state index is 12.3. The van der Waals surface area contributed by atoms with Gasteiger partial charge in [-0.1, -0.05) is 32.0 Å². The smallest absolute Gasteiger partial charge is 0.323 e. The molecule has 0 aliphatic rings. The maximum absolute atomic E-state index is 12.3. The molecule has 1 atom stereocenters. The summed E-state index contributed by atoms with van der Waals surface area (Å²) in [6.07, 6.45) is 1.37. The zero-order chi connectivity index (χ0) is 22.6. The highest BCUT2D eigenvalue weighted by Gasteiger charge is 2.39. The van der Waals surface area contributed by atoms with Gasteiger partial charge in [0.15, 0.2) is 0 Å². The molecule has 0 aromatic heterocycles. The molecule has 0 radical (unpaired) electrons. The van der Waals surface area contributed by atoms with Crippen LogP contribution in [0.5, 0.6) is 0 Å². The lowest BCUT2D eigenvalue weighted by Gasteiger charge is -2.30. The van der Waals surface area contributed by atoms with Crippen molar-refractivity contribution in [3.8, 4) is 0 Å². The highest BCUT2D eigenvalue weighted by atomic mass is 16.5. The number of carbonyl (C=O) groups is 3. The third kappa shape index (κ3) is 5.56. The van der Waals surface area contributed by atoms with Crippen molar-refractivity contribution >= 4 is 17.9 Å². The van der Waals surface area contributed by atoms with E-state index in [0.717, 1.165) is 0 Å². The summed E-state index contributed by atoms with van der Waals surface area (Å²) < 4.78 is 5.39. The summed E-state index contributed by atoms with van der Waals surface area (Å²) in [7, 11) is 0. The Balaban J connectivity index is 3.31. The van der Waals surface area contributed by atoms with E-state index in [1.165, 1.54) is 27.7 Å². The normalized spacial score (nSPS) is 13.2. The Hall–Kier alpha value is -2.41. The molecule has 4 N–H and O–H groups in total. The molecule has 29 heavy (non-hydrogen) atoms. The number of hydrogen-bond acceptors (Lipinski definition) is 5. The van der Waals surface area contributed by atoms with Gasteiger partial charge in [-0.15, -0.1) is 0 Å². The van der Waals surface area contributed by atoms with Gasteiger partial charge in [-0.3, -0.25) is 14.4 Å². The van der Waals surface area contributed by atoms with Crippen LogP contribution < -0.4 is 5.73 Å². The Labute approximate surface area is 172 Å². The van der Waals surface area contributed by atoms with Crippen molar-refractivity contribution in [1.29, 1.82) is 0 Å². The van der Waals surface area contributed by atoms with Crippen molar-refractivity contribution in [1.82, 2.24) is 0 Å². The van der Waals surface area contributed by atoms with Gasteiger partial charge >= 0.3 is 17.9 Å². The van der Waals surface area contributed by atoms with Crippen molar-refractivity contribution in [2.24, 2.45) is 5.73 Å². The molecule has 0 bridgehead atoms. The molecule has 0 spiro atoms. The third-order valence-corrected chi connectivity index (χ3v) is 5.45. The van der Waals surface area contributed by atoms with E-state index in [1.54, 1.807) is 18.2 Å². The highest BCUT2D eigenvalue weighted by molar-refractivity contribution is 5.85. The number of aliphatic carboxylic acids is 2. The van der Waals surface area contributed by atoms with Gasteiger partial charge < -0.3 is 20.7 Å². The summed E-state index contributed by atoms with van der Waals surface area (Å²) in [5.41, 5.74) is 4.85. The molecule has 0 aliphatic heterocycles. The second-order valence-electron chi connectivity index (χ2n) is 8.43. The molecule has 0 saturated heterocycles. The first-order valence-electron chi connectivity index (χ1n) is 9.85. The van der Waals surface area contributed by atoms with Crippen LogP contribution in [0.1, 0.15) is 71.1 Å². The fraction of sp³-hybridized carbons (Fsp3) is 0.591. The first kappa shape index (κ1) is 24.6. The average Bonchev–Trinajstić information content (AvgIpc) is 2.65. The molecular formula is C22H33NO6. The van der Waals surface area contributed by atoms with E-state index in [-0.39, 0.29) is 12.5 Å². The molecule has 1 aromatic carbocycles. The third-order valence-electron chi connectivity index (χ3n) is 5.45. The molecular weight excluding hydrogens is 374 g/mol. The molecule has 1 aromatic rings. The number of hydrogen-bond donors (Lipinski definition) is 3. The van der Waals surface area contributed by atoms with Crippen molar-refractivity contribution in [3.63, 3.8) is 0 Å². The Morgan fingerprint density at radius 2 is 1.45 bits per heavy atom. The SMILES string of the molecule is CCC(CC)OC(=O)[C@@H](N)Cc1ccc(C(C)(C)C(=O)O)c(C(C)(C)C(=O)O)c1. The van der Waals surface area contributed by atoms with Crippen LogP contribution in [0, 0.1) is 0 Å². The summed E-state index contributed by atoms with van der Waals surface area (Å²) in [5, 5.41) is 19.3. The van der Waals surface area contributed by atoms with Crippen LogP contribution in [0.4, 0.5) is 0 Å². The van der Waals surface area contributed by atoms with Crippen LogP contribution in [-0.2, 0) is 36.4 Å². The summed E-state index contributed by atoms with van der Waals surface area (Å²) in [5.74, 6) is -2.64. The van der Waals surface area contributed by atoms with E-state index in [1.807, 2.05) is 13.8 Å². The lowest BCUT2D eigenvalue weighted by atomic mass is 9.72. The fourth-order valence-electron chi connectivity index (χ4n) is 3.06. The van der Waals surface area contributed by atoms with E-state index in [2.05, 4.69) is 0 Å². The number of ether oxygens (including phenoxy) is 1. The van der Waals surface area contributed by atoms with Crippen LogP contribution in [0.15, 0.2) is 18.2 Å². The maximum Gasteiger partial charge on any atom is 0.323 e. The molecule has 0 saturated carbocycles. The largest absolute Gasteiger partial charge is 0.481 e. The monoisotopic (exact) mass is 407 g/mol. The van der Waals surface area contributed by atoms with E-state index in [9.17, 15) is 24.6 Å². The second kappa shape index (κ2) is 9.39. The average molecular weight is 408 g/mol. The van der Waals surface area contributed by atoms with Gasteiger partial charge in [-0.2, -0.15) is 0 Å². The Morgan fingerprint density at radius 3 is 1.90 bits per heavy atom. The van der Waals surface area contributed by atoms with Crippen LogP contribution in [0.25, 0.3) is 0 Å². The molecule has 162 valence electrons. The van der Waals surface area contributed by atoms with Gasteiger partial charge in [0, 0.05) is 0 Å². The Morgan fingerprint density at radius 1 is 0.966 bits per heavy atom. The molecule has 0 unspecified atom stereocenters. The van der Waals surface area contributed by atoms with Gasteiger partial charge in [-0.05, 0) is 63.6 Å². The molecule has 0 amide bonds. The van der Waals surface area contributed by atoms with Gasteiger partial charge in [-0.25, -0.2) is 0 Å². The molecule has 1 rings (SSSR count). The summed E-state index contributed by atoms with van der Waals surface area (Å²) in [6, 6.07) is 4.04. The number of benzene rings is 1. The molecule has 7 nitrogen and oxygen atoms in total. The number of carboxylic acids is 2. The minimum Gasteiger partial charge on any atom is -0.481 e. The van der Waals surface area contributed by atoms with Crippen molar-refractivity contribution in [3.05, 3.63) is 34.9 Å². The highest BCUT2D eigenvalue weighted by Crippen LogP contribution is 2.35. The lowest BCUT2D eigenvalue weighted by Crippen LogP contribution is -2.38. The van der Waals surface area contributed by atoms with Crippen LogP contribution in [0.3, 0.4) is 0 Å². The second-order valence-corrected chi connectivity index (χ2v) is 8.43. The van der Waals surface area contributed by atoms with Gasteiger partial charge in [0.1, 0.15) is 12.1 Å². The van der Waals surface area contributed by atoms with Gasteiger partial charge in [0.2, 0.25) is 0 Å². The topological polar surface area (TPSA) is 127 Å². The summed E-state index contributed by atoms with van der Waals surface area (Å²) in [4.78, 5) is 35.9. The zero-order valence-corrected chi connectivity index (χ0v) is 18.1. The number of nitrogens with two attached hydrogens (primary N) is 1. The molecule has 0 heterocycles. The number of carboxylic acid groups (broad SMARTS) is 2. The number of carbonyl (C=O) groups excluding carboxylic acids is 1. The predicted molar refractivity (Wildman–Crippen MR) is 110 cm³/mol. The fourth-order valence-corrected chi connectivity index (χ4v) is 3.06. The Kier molecular flexibility index (Phi) is 7.98. The van der Waals surface area contributed by atoms with E-state index in [4.69, 9.17) is 10.5 Å². The van der Waals surface area contributed by atoms with Crippen LogP contribution in [-0.4, -0.2) is 40.3 Å². The molecule has 0 aliphatic carbocycles. The number of rotatable bonds is 10. The van der Waals surface area contributed by atoms with E-state index >= 15 is 0 Å². The van der Waals surface area contributed by atoms with Crippen molar-refractivity contribution in [2.75, 3.05) is 0 Å². The lowest BCUT2D eigenvalue weighted by molar-refractivity contribution is -0.151. The zero-order valence-electron chi connectivity index (χ0n) is 18.1. The molecule has 7 heteroatoms. The quantitative estimate of drug-likeness (QED) is 0.509. The number of esters is 1. The van der Waals surface area contributed by atoms with E-state index < -0.39 is 34.8 Å². The minimum atomic E-state index is -1.32. The van der Waals surface area contributed by atoms with Gasteiger partial charge in [0.05, 0.1) is 10.8 Å². The van der Waals surface area contributed by atoms with Crippen LogP contribution in [0.2, 0.25) is 0 Å². The van der Waals surface area contributed by atoms with Crippen molar-refractivity contribution < 1.29 is 29.3 Å². The Bertz CT molecular complexity index is 765. The standard InChI is InChI=1S/C22H33NO6/c1-7-14(8-2)29-18(24)17(23)12-13-9-10-15(21(3,4)19(25)26)16(11-13)22(5,6)20(27)28/h9-11,14,17H,7-8,12,23H2,1-6H3,(H,25,26)(H,27,28)/t17-/m0/s1. The van der Waals surface area contributed by atoms with Crippen molar-refractivity contribution in [2.45, 2.75) is 83.8 Å². The minimum absolute atomic E-state index is 0.162. The summed E-state index contributed by atoms with van der Waals surface area (Å²) in [6.45, 7) is 9.97. The first-order chi connectivity index (χ1) is 13.3. The van der Waals surface area contributed by atoms with Crippen LogP contribution >= 0.6 is 0 Å². The predicted octanol–water partition coefficient (Wildman–Crippen LogP) is 3.01. The molecule has 0 fully saturated rings. The first-order valence-corrected chi connectivity index (χ1v) is 9.85. The van der Waals surface area contributed by atoms with Gasteiger partial charge in [0.25, 0.3) is 0 Å².